The molecule has 0 saturated carbocycles. The van der Waals surface area contributed by atoms with Gasteiger partial charge in [-0.3, -0.25) is 9.13 Å². The summed E-state index contributed by atoms with van der Waals surface area (Å²) in [6.45, 7) is 0. The van der Waals surface area contributed by atoms with Crippen LogP contribution < -0.4 is 0 Å². The molecule has 12 nitrogen and oxygen atoms in total. The fraction of sp³-hybridized carbons (Fsp3) is 0. The minimum absolute atomic E-state index is 0.643. The fourth-order valence-electron chi connectivity index (χ4n) is 9.81. The Labute approximate surface area is 336 Å². The van der Waals surface area contributed by atoms with Crippen LogP contribution in [0.3, 0.4) is 0 Å². The second-order valence-electron chi connectivity index (χ2n) is 15.5. The minimum Gasteiger partial charge on any atom is -0.337 e. The average molecular weight is 775 g/mol. The molecule has 0 unspecified atom stereocenters. The van der Waals surface area contributed by atoms with Gasteiger partial charge in [0.25, 0.3) is 0 Å². The molecule has 0 radical (unpaired) electrons. The van der Waals surface area contributed by atoms with E-state index in [1.807, 2.05) is 12.4 Å². The molecular formula is C48H26N10O2. The van der Waals surface area contributed by atoms with Gasteiger partial charge in [0.15, 0.2) is 0 Å². The van der Waals surface area contributed by atoms with Crippen molar-refractivity contribution in [3.05, 3.63) is 159 Å². The van der Waals surface area contributed by atoms with Gasteiger partial charge in [-0.1, -0.05) is 34.6 Å². The largest absolute Gasteiger partial charge is 0.337 e. The van der Waals surface area contributed by atoms with Crippen molar-refractivity contribution in [2.75, 3.05) is 0 Å². The van der Waals surface area contributed by atoms with Gasteiger partial charge < -0.3 is 27.3 Å². The van der Waals surface area contributed by atoms with E-state index in [2.05, 4.69) is 172 Å². The molecule has 24 rings (SSSR count). The van der Waals surface area contributed by atoms with E-state index >= 15 is 0 Å². The Kier molecular flexibility index (Phi) is 5.41. The Bertz CT molecular complexity index is 3860. The molecule has 4 aromatic carbocycles. The van der Waals surface area contributed by atoms with Gasteiger partial charge >= 0.3 is 0 Å². The van der Waals surface area contributed by atoms with Crippen LogP contribution in [0, 0.1) is 0 Å². The molecule has 0 amide bonds. The average Bonchev–Trinajstić information content (AvgIpc) is 4.14. The van der Waals surface area contributed by atoms with Crippen LogP contribution in [0.1, 0.15) is 0 Å². The highest BCUT2D eigenvalue weighted by molar-refractivity contribution is 6.10. The molecule has 0 N–H and O–H groups in total. The third-order valence-corrected chi connectivity index (χ3v) is 12.5. The number of aromatic nitrogens is 10. The molecule has 0 fully saturated rings. The molecule has 0 atom stereocenters. The predicted octanol–water partition coefficient (Wildman–Crippen LogP) is 10.7. The maximum atomic E-state index is 5.94. The number of nitrogens with zero attached hydrogens (tertiary/aromatic N) is 10. The summed E-state index contributed by atoms with van der Waals surface area (Å²) in [4.78, 5) is 10.3. The van der Waals surface area contributed by atoms with Crippen molar-refractivity contribution < 1.29 is 9.05 Å². The number of pyridine rings is 2. The standard InChI is InChI=1S/C48H26N10O2/c1-2-28-14-18-54-32-7-11-34(12-8-32)58-46-38(40-26-52-60-48(40)58)22-36(24-50-46)56-20-16-30-4-3-29-15-19-55(43(29)44(30)56)35-21-37-39-25-51-59-47(39)57(45(37)49-23-35)33-9-5-31(6-10-33)53-17-13-27(1)41(53)42(28)54/h1-26H. The molecule has 60 heavy (non-hydrogen) atoms. The number of hydrogen-bond acceptors (Lipinski definition) is 6. The SMILES string of the molecule is c1cc2ccc1-n1ccc3ccc4ccn(c4c31)-c1ccc(cc1)-n1c3ncc(cc3c3cnoc31)-n1ccc3ccc4ccn(c4c31)-c1cnc3c(c1)c1cnoc1n3-2. The zero-order valence-electron chi connectivity index (χ0n) is 31.3. The van der Waals surface area contributed by atoms with Gasteiger partial charge in [0, 0.05) is 68.5 Å². The molecule has 14 aromatic rings. The van der Waals surface area contributed by atoms with Crippen molar-refractivity contribution in [2.24, 2.45) is 0 Å². The van der Waals surface area contributed by atoms with Crippen molar-refractivity contribution in [2.45, 2.75) is 0 Å². The summed E-state index contributed by atoms with van der Waals surface area (Å²) in [6.07, 6.45) is 16.0. The first-order valence-electron chi connectivity index (χ1n) is 19.7. The molecule has 0 aliphatic carbocycles. The third kappa shape index (κ3) is 3.75. The first-order valence-corrected chi connectivity index (χ1v) is 19.7. The van der Waals surface area contributed by atoms with Gasteiger partial charge in [0.05, 0.1) is 80.4 Å². The van der Waals surface area contributed by atoms with Gasteiger partial charge in [-0.2, -0.15) is 0 Å². The Morgan fingerprint density at radius 1 is 0.333 bits per heavy atom. The zero-order valence-corrected chi connectivity index (χ0v) is 31.3. The van der Waals surface area contributed by atoms with E-state index in [1.165, 1.54) is 0 Å². The maximum Gasteiger partial charge on any atom is 0.245 e. The zero-order chi connectivity index (χ0) is 38.8. The fourth-order valence-corrected chi connectivity index (χ4v) is 9.81. The molecule has 10 aliphatic heterocycles. The van der Waals surface area contributed by atoms with Gasteiger partial charge in [0.1, 0.15) is 11.3 Å². The normalized spacial score (nSPS) is 12.7. The lowest BCUT2D eigenvalue weighted by Gasteiger charge is -2.13. The summed E-state index contributed by atoms with van der Waals surface area (Å²) >= 11 is 0. The summed E-state index contributed by atoms with van der Waals surface area (Å²) in [6, 6.07) is 38.8. The second-order valence-corrected chi connectivity index (χ2v) is 15.5. The van der Waals surface area contributed by atoms with Crippen LogP contribution in [0.25, 0.3) is 122 Å². The monoisotopic (exact) mass is 774 g/mol. The van der Waals surface area contributed by atoms with Crippen LogP contribution in [0.5, 0.6) is 0 Å². The van der Waals surface area contributed by atoms with Crippen LogP contribution >= 0.6 is 0 Å². The quantitative estimate of drug-likeness (QED) is 0.152. The van der Waals surface area contributed by atoms with E-state index in [0.29, 0.717) is 11.4 Å². The van der Waals surface area contributed by atoms with Crippen molar-refractivity contribution in [3.8, 4) is 34.1 Å². The van der Waals surface area contributed by atoms with E-state index in [-0.39, 0.29) is 0 Å². The van der Waals surface area contributed by atoms with Crippen LogP contribution in [0.2, 0.25) is 0 Å². The Morgan fingerprint density at radius 2 is 0.683 bits per heavy atom. The van der Waals surface area contributed by atoms with E-state index in [4.69, 9.17) is 19.0 Å². The van der Waals surface area contributed by atoms with Crippen LogP contribution in [-0.4, -0.2) is 47.7 Å². The summed E-state index contributed by atoms with van der Waals surface area (Å²) in [5.41, 5.74) is 13.0. The number of fused-ring (bicyclic) bond motifs is 2. The topological polar surface area (TPSA) is 107 Å². The number of rotatable bonds is 0. The van der Waals surface area contributed by atoms with Crippen LogP contribution in [0.4, 0.5) is 0 Å². The molecule has 0 spiro atoms. The molecule has 280 valence electrons. The van der Waals surface area contributed by atoms with E-state index in [1.54, 1.807) is 12.4 Å². The molecule has 10 aromatic heterocycles. The third-order valence-electron chi connectivity index (χ3n) is 12.5. The molecule has 10 aliphatic rings. The molecule has 0 saturated heterocycles. The first-order chi connectivity index (χ1) is 29.7. The minimum atomic E-state index is 0.643. The molecule has 20 heterocycles. The van der Waals surface area contributed by atoms with E-state index in [9.17, 15) is 0 Å². The summed E-state index contributed by atoms with van der Waals surface area (Å²) in [5, 5.41) is 16.7. The number of hydrogen-bond donors (Lipinski definition) is 0. The van der Waals surface area contributed by atoms with Gasteiger partial charge in [0.2, 0.25) is 11.4 Å². The van der Waals surface area contributed by atoms with Gasteiger partial charge in [-0.25, -0.2) is 9.97 Å². The molecular weight excluding hydrogens is 749 g/mol. The lowest BCUT2D eigenvalue weighted by atomic mass is 10.2. The highest BCUT2D eigenvalue weighted by Crippen LogP contribution is 2.38. The number of benzene rings is 4. The van der Waals surface area contributed by atoms with Gasteiger partial charge in [-0.15, -0.1) is 0 Å². The first kappa shape index (κ1) is 30.5. The van der Waals surface area contributed by atoms with Crippen molar-refractivity contribution in [1.82, 2.24) is 47.7 Å². The van der Waals surface area contributed by atoms with Crippen LogP contribution in [0.15, 0.2) is 168 Å². The highest BCUT2D eigenvalue weighted by atomic mass is 16.5. The lowest BCUT2D eigenvalue weighted by molar-refractivity contribution is 0.444. The van der Waals surface area contributed by atoms with E-state index < -0.39 is 0 Å². The smallest absolute Gasteiger partial charge is 0.245 e. The highest BCUT2D eigenvalue weighted by Gasteiger charge is 2.23. The summed E-state index contributed by atoms with van der Waals surface area (Å²) in [7, 11) is 0. The van der Waals surface area contributed by atoms with E-state index in [0.717, 1.165) is 111 Å². The van der Waals surface area contributed by atoms with Gasteiger partial charge in [-0.05, 0) is 84.9 Å². The second kappa shape index (κ2) is 10.6. The summed E-state index contributed by atoms with van der Waals surface area (Å²) < 4.78 is 25.0. The Morgan fingerprint density at radius 3 is 1.07 bits per heavy atom. The Hall–Kier alpha value is -8.64. The molecule has 12 heteroatoms. The van der Waals surface area contributed by atoms with Crippen molar-refractivity contribution in [3.63, 3.8) is 0 Å². The lowest BCUT2D eigenvalue weighted by Crippen LogP contribution is -2.01. The summed E-state index contributed by atoms with van der Waals surface area (Å²) in [5.74, 6) is 0. The Balaban J connectivity index is 1.04. The van der Waals surface area contributed by atoms with Crippen molar-refractivity contribution in [1.29, 1.82) is 0 Å². The predicted molar refractivity (Wildman–Crippen MR) is 232 cm³/mol. The van der Waals surface area contributed by atoms with Crippen molar-refractivity contribution >= 4 is 87.9 Å². The molecule has 12 bridgehead atoms. The van der Waals surface area contributed by atoms with Crippen LogP contribution in [-0.2, 0) is 0 Å². The maximum absolute atomic E-state index is 5.94.